The smallest absolute Gasteiger partial charge is 0.137 e. The van der Waals surface area contributed by atoms with Crippen molar-refractivity contribution in [1.29, 1.82) is 0 Å². The normalized spacial score (nSPS) is 14.6. The van der Waals surface area contributed by atoms with Crippen molar-refractivity contribution < 1.29 is 8.60 Å². The van der Waals surface area contributed by atoms with E-state index in [2.05, 4.69) is 15.9 Å². The Morgan fingerprint density at radius 2 is 1.82 bits per heavy atom. The molecule has 2 aromatic rings. The molecule has 0 aliphatic rings. The molecular formula is C17H19BrFNOS. The maximum atomic E-state index is 13.9. The van der Waals surface area contributed by atoms with Crippen LogP contribution in [-0.4, -0.2) is 8.96 Å². The summed E-state index contributed by atoms with van der Waals surface area (Å²) in [6.07, 6.45) is 0.571. The van der Waals surface area contributed by atoms with Crippen LogP contribution in [0.25, 0.3) is 0 Å². The summed E-state index contributed by atoms with van der Waals surface area (Å²) in [6, 6.07) is 15.0. The van der Waals surface area contributed by atoms with Gasteiger partial charge in [-0.25, -0.2) is 8.60 Å². The quantitative estimate of drug-likeness (QED) is 0.810. The first kappa shape index (κ1) is 17.3. The third-order valence-corrected chi connectivity index (χ3v) is 5.69. The number of benzene rings is 2. The van der Waals surface area contributed by atoms with Crippen molar-refractivity contribution in [1.82, 2.24) is 0 Å². The van der Waals surface area contributed by atoms with Crippen molar-refractivity contribution in [3.63, 3.8) is 0 Å². The first-order valence-corrected chi connectivity index (χ1v) is 8.98. The van der Waals surface area contributed by atoms with E-state index in [0.717, 1.165) is 11.1 Å². The van der Waals surface area contributed by atoms with E-state index in [1.54, 1.807) is 6.07 Å². The van der Waals surface area contributed by atoms with Crippen LogP contribution in [0.3, 0.4) is 0 Å². The minimum atomic E-state index is -1.46. The lowest BCUT2D eigenvalue weighted by Crippen LogP contribution is -2.34. The zero-order valence-electron chi connectivity index (χ0n) is 12.6. The zero-order valence-corrected chi connectivity index (χ0v) is 15.0. The minimum Gasteiger partial charge on any atom is -0.251 e. The summed E-state index contributed by atoms with van der Waals surface area (Å²) in [4.78, 5) is 0. The highest BCUT2D eigenvalue weighted by molar-refractivity contribution is 9.10. The van der Waals surface area contributed by atoms with Gasteiger partial charge in [-0.15, -0.1) is 0 Å². The molecule has 0 saturated heterocycles. The van der Waals surface area contributed by atoms with Crippen LogP contribution in [0.5, 0.6) is 0 Å². The van der Waals surface area contributed by atoms with Gasteiger partial charge in [0.25, 0.3) is 0 Å². The second-order valence-corrected chi connectivity index (χ2v) is 8.45. The summed E-state index contributed by atoms with van der Waals surface area (Å²) in [6.45, 7) is 3.74. The summed E-state index contributed by atoms with van der Waals surface area (Å²) in [5.74, 6) is -0.364. The molecule has 5 heteroatoms. The fourth-order valence-electron chi connectivity index (χ4n) is 2.42. The van der Waals surface area contributed by atoms with Crippen molar-refractivity contribution in [3.05, 3.63) is 69.9 Å². The Kier molecular flexibility index (Phi) is 5.53. The van der Waals surface area contributed by atoms with Crippen LogP contribution in [0.2, 0.25) is 0 Å². The molecule has 0 bridgehead atoms. The fourth-order valence-corrected chi connectivity index (χ4v) is 2.99. The van der Waals surface area contributed by atoms with Crippen molar-refractivity contribution in [2.45, 2.75) is 30.9 Å². The van der Waals surface area contributed by atoms with Gasteiger partial charge in [-0.05, 0) is 59.5 Å². The monoisotopic (exact) mass is 383 g/mol. The molecule has 0 radical (unpaired) electrons. The molecule has 0 aromatic heterocycles. The number of hydrogen-bond acceptors (Lipinski definition) is 1. The molecule has 118 valence electrons. The third-order valence-electron chi connectivity index (χ3n) is 3.79. The Morgan fingerprint density at radius 3 is 2.36 bits per heavy atom. The summed E-state index contributed by atoms with van der Waals surface area (Å²) >= 11 is 3.18. The summed E-state index contributed by atoms with van der Waals surface area (Å²) < 4.78 is 25.6. The Morgan fingerprint density at radius 1 is 1.18 bits per heavy atom. The Bertz CT molecular complexity index is 676. The molecule has 2 aromatic carbocycles. The number of hydrogen-bond donors (Lipinski definition) is 1. The lowest BCUT2D eigenvalue weighted by atomic mass is 9.84. The highest BCUT2D eigenvalue weighted by Gasteiger charge is 2.29. The lowest BCUT2D eigenvalue weighted by molar-refractivity contribution is 0.552. The van der Waals surface area contributed by atoms with Crippen LogP contribution in [-0.2, 0) is 11.0 Å². The van der Waals surface area contributed by atoms with E-state index < -0.39 is 15.7 Å². The van der Waals surface area contributed by atoms with Gasteiger partial charge >= 0.3 is 0 Å². The molecule has 2 atom stereocenters. The van der Waals surface area contributed by atoms with Crippen LogP contribution in [0.15, 0.2) is 53.0 Å². The van der Waals surface area contributed by atoms with Gasteiger partial charge in [-0.2, -0.15) is 0 Å². The van der Waals surface area contributed by atoms with Gasteiger partial charge < -0.3 is 0 Å². The van der Waals surface area contributed by atoms with Crippen LogP contribution in [0.4, 0.5) is 4.39 Å². The molecule has 0 amide bonds. The van der Waals surface area contributed by atoms with Crippen molar-refractivity contribution in [2.75, 3.05) is 0 Å². The highest BCUT2D eigenvalue weighted by Crippen LogP contribution is 2.35. The molecule has 2 nitrogen and oxygen atoms in total. The molecule has 0 fully saturated rings. The molecule has 0 spiro atoms. The average molecular weight is 384 g/mol. The number of halogens is 2. The van der Waals surface area contributed by atoms with E-state index in [-0.39, 0.29) is 11.7 Å². The van der Waals surface area contributed by atoms with E-state index in [4.69, 9.17) is 5.14 Å². The number of rotatable bonds is 5. The predicted octanol–water partition coefficient (Wildman–Crippen LogP) is 4.51. The van der Waals surface area contributed by atoms with Crippen LogP contribution >= 0.6 is 15.9 Å². The Labute approximate surface area is 141 Å². The topological polar surface area (TPSA) is 43.1 Å². The van der Waals surface area contributed by atoms with Crippen LogP contribution in [0, 0.1) is 5.82 Å². The molecule has 0 aliphatic carbocycles. The van der Waals surface area contributed by atoms with E-state index in [1.807, 2.05) is 50.2 Å². The van der Waals surface area contributed by atoms with Crippen molar-refractivity contribution in [3.8, 4) is 0 Å². The van der Waals surface area contributed by atoms with Gasteiger partial charge in [0.2, 0.25) is 0 Å². The lowest BCUT2D eigenvalue weighted by Gasteiger charge is -2.28. The van der Waals surface area contributed by atoms with E-state index in [9.17, 15) is 8.60 Å². The zero-order chi connectivity index (χ0) is 16.3. The molecule has 2 N–H and O–H groups in total. The molecule has 0 aliphatic heterocycles. The molecule has 0 heterocycles. The van der Waals surface area contributed by atoms with Crippen LogP contribution in [0.1, 0.15) is 37.3 Å². The summed E-state index contributed by atoms with van der Waals surface area (Å²) in [5, 5.41) is 5.62. The van der Waals surface area contributed by atoms with Gasteiger partial charge in [-0.3, -0.25) is 5.14 Å². The minimum absolute atomic E-state index is 0.0636. The van der Waals surface area contributed by atoms with E-state index in [1.165, 1.54) is 6.07 Å². The van der Waals surface area contributed by atoms with Gasteiger partial charge in [0.05, 0.1) is 20.2 Å². The molecular weight excluding hydrogens is 365 g/mol. The standard InChI is InChI=1S/C17H19BrFNOS/c1-17(2,22(20)21)11-14(12-6-4-3-5-7-12)13-8-9-15(18)16(19)10-13/h3-10,14H,11,20H2,1-2H3/t14-,22?/m0/s1. The largest absolute Gasteiger partial charge is 0.251 e. The van der Waals surface area contributed by atoms with E-state index >= 15 is 0 Å². The first-order valence-electron chi connectivity index (χ1n) is 6.97. The SMILES string of the molecule is CC(C)(C[C@@H](c1ccccc1)c1ccc(Br)c(F)c1)S(N)=O. The third kappa shape index (κ3) is 4.03. The van der Waals surface area contributed by atoms with Crippen LogP contribution < -0.4 is 5.14 Å². The van der Waals surface area contributed by atoms with Gasteiger partial charge in [0, 0.05) is 5.92 Å². The molecule has 1 unspecified atom stereocenters. The maximum Gasteiger partial charge on any atom is 0.137 e. The van der Waals surface area contributed by atoms with Gasteiger partial charge in [0.1, 0.15) is 5.82 Å². The van der Waals surface area contributed by atoms with E-state index in [0.29, 0.717) is 10.9 Å². The molecule has 2 rings (SSSR count). The molecule has 22 heavy (non-hydrogen) atoms. The predicted molar refractivity (Wildman–Crippen MR) is 93.4 cm³/mol. The molecule has 0 saturated carbocycles. The summed E-state index contributed by atoms with van der Waals surface area (Å²) in [7, 11) is -1.46. The van der Waals surface area contributed by atoms with Gasteiger partial charge in [-0.1, -0.05) is 36.4 Å². The summed E-state index contributed by atoms with van der Waals surface area (Å²) in [5.41, 5.74) is 1.91. The number of nitrogens with two attached hydrogens (primary N) is 1. The van der Waals surface area contributed by atoms with Gasteiger partial charge in [0.15, 0.2) is 0 Å². The maximum absolute atomic E-state index is 13.9. The second-order valence-electron chi connectivity index (χ2n) is 5.90. The Balaban J connectivity index is 2.46. The van der Waals surface area contributed by atoms with Crippen molar-refractivity contribution >= 4 is 26.9 Å². The highest BCUT2D eigenvalue weighted by atomic mass is 79.9. The Hall–Kier alpha value is -1.04. The first-order chi connectivity index (χ1) is 10.3. The second kappa shape index (κ2) is 7.02. The average Bonchev–Trinajstić information content (AvgIpc) is 2.48. The van der Waals surface area contributed by atoms with Crippen molar-refractivity contribution in [2.24, 2.45) is 5.14 Å². The fraction of sp³-hybridized carbons (Fsp3) is 0.294.